The number of esters is 1. The summed E-state index contributed by atoms with van der Waals surface area (Å²) < 4.78 is 5.14. The Hall–Kier alpha value is -2.86. The molecule has 7 heteroatoms. The van der Waals surface area contributed by atoms with Crippen molar-refractivity contribution in [3.63, 3.8) is 0 Å². The summed E-state index contributed by atoms with van der Waals surface area (Å²) in [4.78, 5) is 42.0. The molecule has 1 aliphatic heterocycles. The van der Waals surface area contributed by atoms with Gasteiger partial charge in [-0.3, -0.25) is 14.4 Å². The molecule has 1 aliphatic rings. The molecule has 1 heterocycles. The number of piperidine rings is 1. The van der Waals surface area contributed by atoms with E-state index in [-0.39, 0.29) is 42.7 Å². The third-order valence-corrected chi connectivity index (χ3v) is 6.31. The molecule has 33 heavy (non-hydrogen) atoms. The van der Waals surface area contributed by atoms with Crippen molar-refractivity contribution in [3.8, 4) is 0 Å². The molecular formula is C26H31ClN2O4. The van der Waals surface area contributed by atoms with Gasteiger partial charge in [-0.2, -0.15) is 0 Å². The minimum absolute atomic E-state index is 0.0573. The number of hydrogen-bond donors (Lipinski definition) is 0. The molecule has 176 valence electrons. The molecule has 2 atom stereocenters. The molecule has 3 rings (SSSR count). The number of hydrogen-bond acceptors (Lipinski definition) is 4. The Labute approximate surface area is 200 Å². The van der Waals surface area contributed by atoms with Crippen molar-refractivity contribution in [2.24, 2.45) is 5.92 Å². The van der Waals surface area contributed by atoms with Gasteiger partial charge < -0.3 is 14.5 Å². The predicted molar refractivity (Wildman–Crippen MR) is 128 cm³/mol. The van der Waals surface area contributed by atoms with Crippen molar-refractivity contribution in [1.29, 1.82) is 0 Å². The Morgan fingerprint density at radius 1 is 1.12 bits per heavy atom. The van der Waals surface area contributed by atoms with Crippen molar-refractivity contribution < 1.29 is 19.1 Å². The first-order valence-corrected chi connectivity index (χ1v) is 11.8. The van der Waals surface area contributed by atoms with Crippen molar-refractivity contribution in [1.82, 2.24) is 9.80 Å². The Bertz CT molecular complexity index is 949. The maximum Gasteiger partial charge on any atom is 0.310 e. The Morgan fingerprint density at radius 2 is 1.82 bits per heavy atom. The van der Waals surface area contributed by atoms with Crippen LogP contribution in [0.15, 0.2) is 54.6 Å². The lowest BCUT2D eigenvalue weighted by atomic mass is 9.98. The maximum absolute atomic E-state index is 13.4. The van der Waals surface area contributed by atoms with Crippen molar-refractivity contribution in [2.45, 2.75) is 39.2 Å². The van der Waals surface area contributed by atoms with Crippen LogP contribution < -0.4 is 0 Å². The van der Waals surface area contributed by atoms with Crippen LogP contribution in [0, 0.1) is 5.92 Å². The van der Waals surface area contributed by atoms with E-state index in [0.717, 1.165) is 18.4 Å². The lowest BCUT2D eigenvalue weighted by Gasteiger charge is -2.33. The molecule has 1 saturated heterocycles. The monoisotopic (exact) mass is 470 g/mol. The standard InChI is InChI=1S/C26H31ClN2O4/c1-3-33-26(32)22-10-7-16-28(18-22)24(30)15-17-29(19(2)20-8-5-4-6-9-20)25(31)21-11-13-23(27)14-12-21/h4-6,8-9,11-14,19,22H,3,7,10,15-18H2,1-2H3. The minimum Gasteiger partial charge on any atom is -0.466 e. The number of benzene rings is 2. The zero-order chi connectivity index (χ0) is 23.8. The number of likely N-dealkylation sites (tertiary alicyclic amines) is 1. The molecule has 2 unspecified atom stereocenters. The highest BCUT2D eigenvalue weighted by Crippen LogP contribution is 2.24. The molecule has 2 aromatic carbocycles. The van der Waals surface area contributed by atoms with Crippen LogP contribution in [0.1, 0.15) is 55.1 Å². The molecule has 0 spiro atoms. The summed E-state index contributed by atoms with van der Waals surface area (Å²) in [5.74, 6) is -0.734. The van der Waals surface area contributed by atoms with Crippen LogP contribution in [0.3, 0.4) is 0 Å². The predicted octanol–water partition coefficient (Wildman–Crippen LogP) is 4.74. The molecule has 0 bridgehead atoms. The van der Waals surface area contributed by atoms with Gasteiger partial charge in [0.05, 0.1) is 18.6 Å². The molecule has 0 radical (unpaired) electrons. The van der Waals surface area contributed by atoms with Gasteiger partial charge in [0.1, 0.15) is 0 Å². The minimum atomic E-state index is -0.280. The highest BCUT2D eigenvalue weighted by atomic mass is 35.5. The summed E-state index contributed by atoms with van der Waals surface area (Å²) >= 11 is 5.99. The number of carbonyl (C=O) groups excluding carboxylic acids is 3. The van der Waals surface area contributed by atoms with Crippen LogP contribution >= 0.6 is 11.6 Å². The maximum atomic E-state index is 13.4. The normalized spacial score (nSPS) is 16.7. The molecule has 1 fully saturated rings. The first-order chi connectivity index (χ1) is 15.9. The second-order valence-corrected chi connectivity index (χ2v) is 8.71. The molecule has 6 nitrogen and oxygen atoms in total. The molecule has 0 aliphatic carbocycles. The van der Waals surface area contributed by atoms with Gasteiger partial charge >= 0.3 is 5.97 Å². The van der Waals surface area contributed by atoms with Crippen LogP contribution in [0.25, 0.3) is 0 Å². The highest BCUT2D eigenvalue weighted by molar-refractivity contribution is 6.30. The van der Waals surface area contributed by atoms with E-state index in [1.807, 2.05) is 37.3 Å². The summed E-state index contributed by atoms with van der Waals surface area (Å²) in [6.45, 7) is 5.35. The first-order valence-electron chi connectivity index (χ1n) is 11.5. The van der Waals surface area contributed by atoms with E-state index in [2.05, 4.69) is 0 Å². The number of ether oxygens (including phenoxy) is 1. The van der Waals surface area contributed by atoms with Crippen LogP contribution in [0.2, 0.25) is 5.02 Å². The van der Waals surface area contributed by atoms with Gasteiger partial charge in [0.25, 0.3) is 5.91 Å². The van der Waals surface area contributed by atoms with Gasteiger partial charge in [0, 0.05) is 36.6 Å². The van der Waals surface area contributed by atoms with Gasteiger partial charge in [-0.15, -0.1) is 0 Å². The third kappa shape index (κ3) is 6.57. The lowest BCUT2D eigenvalue weighted by Crippen LogP contribution is -2.44. The van der Waals surface area contributed by atoms with E-state index >= 15 is 0 Å². The Balaban J connectivity index is 1.71. The fraction of sp³-hybridized carbons (Fsp3) is 0.423. The molecule has 2 amide bonds. The number of halogens is 1. The van der Waals surface area contributed by atoms with Crippen LogP contribution in [0.5, 0.6) is 0 Å². The van der Waals surface area contributed by atoms with Crippen LogP contribution in [-0.2, 0) is 14.3 Å². The first kappa shape index (κ1) is 24.8. The van der Waals surface area contributed by atoms with E-state index < -0.39 is 0 Å². The zero-order valence-corrected chi connectivity index (χ0v) is 20.0. The third-order valence-electron chi connectivity index (χ3n) is 6.06. The topological polar surface area (TPSA) is 66.9 Å². The SMILES string of the molecule is CCOC(=O)C1CCCN(C(=O)CCN(C(=O)c2ccc(Cl)cc2)C(C)c2ccccc2)C1. The fourth-order valence-electron chi connectivity index (χ4n) is 4.17. The molecule has 2 aromatic rings. The highest BCUT2D eigenvalue weighted by Gasteiger charge is 2.30. The fourth-order valence-corrected chi connectivity index (χ4v) is 4.30. The molecular weight excluding hydrogens is 440 g/mol. The van der Waals surface area contributed by atoms with E-state index in [4.69, 9.17) is 16.3 Å². The Morgan fingerprint density at radius 3 is 2.48 bits per heavy atom. The van der Waals surface area contributed by atoms with Crippen LogP contribution in [0.4, 0.5) is 0 Å². The second-order valence-electron chi connectivity index (χ2n) is 8.27. The van der Waals surface area contributed by atoms with Gasteiger partial charge in [-0.25, -0.2) is 0 Å². The molecule has 0 aromatic heterocycles. The summed E-state index contributed by atoms with van der Waals surface area (Å²) in [5.41, 5.74) is 1.52. The van der Waals surface area contributed by atoms with Gasteiger partial charge in [-0.05, 0) is 56.5 Å². The van der Waals surface area contributed by atoms with E-state index in [9.17, 15) is 14.4 Å². The zero-order valence-electron chi connectivity index (χ0n) is 19.2. The average Bonchev–Trinajstić information content (AvgIpc) is 2.85. The van der Waals surface area contributed by atoms with E-state index in [0.29, 0.717) is 30.3 Å². The largest absolute Gasteiger partial charge is 0.466 e. The number of amides is 2. The van der Waals surface area contributed by atoms with Crippen LogP contribution in [-0.4, -0.2) is 53.8 Å². The average molecular weight is 471 g/mol. The molecule has 0 N–H and O–H groups in total. The van der Waals surface area contributed by atoms with Crippen molar-refractivity contribution >= 4 is 29.4 Å². The summed E-state index contributed by atoms with van der Waals surface area (Å²) in [6.07, 6.45) is 1.68. The Kier molecular flexibility index (Phi) is 8.89. The van der Waals surface area contributed by atoms with E-state index in [1.165, 1.54) is 0 Å². The second kappa shape index (κ2) is 11.8. The van der Waals surface area contributed by atoms with Gasteiger partial charge in [0.2, 0.25) is 5.91 Å². The summed E-state index contributed by atoms with van der Waals surface area (Å²) in [5, 5.41) is 0.561. The lowest BCUT2D eigenvalue weighted by molar-refractivity contribution is -0.151. The number of nitrogens with zero attached hydrogens (tertiary/aromatic N) is 2. The summed E-state index contributed by atoms with van der Waals surface area (Å²) in [6, 6.07) is 16.3. The van der Waals surface area contributed by atoms with Gasteiger partial charge in [0.15, 0.2) is 0 Å². The number of carbonyl (C=O) groups is 3. The van der Waals surface area contributed by atoms with E-state index in [1.54, 1.807) is 41.0 Å². The number of rotatable bonds is 8. The van der Waals surface area contributed by atoms with Gasteiger partial charge in [-0.1, -0.05) is 41.9 Å². The smallest absolute Gasteiger partial charge is 0.310 e. The van der Waals surface area contributed by atoms with Crippen molar-refractivity contribution in [2.75, 3.05) is 26.2 Å². The summed E-state index contributed by atoms with van der Waals surface area (Å²) in [7, 11) is 0. The quantitative estimate of drug-likeness (QED) is 0.523. The molecule has 0 saturated carbocycles. The van der Waals surface area contributed by atoms with Crippen molar-refractivity contribution in [3.05, 3.63) is 70.7 Å².